The van der Waals surface area contributed by atoms with Crippen LogP contribution in [0.25, 0.3) is 0 Å². The third kappa shape index (κ3) is 4.13. The highest BCUT2D eigenvalue weighted by molar-refractivity contribution is 5.76. The van der Waals surface area contributed by atoms with Crippen LogP contribution in [0.3, 0.4) is 0 Å². The molecule has 0 heterocycles. The summed E-state index contributed by atoms with van der Waals surface area (Å²) in [5, 5.41) is 3.39. The molecule has 2 aromatic rings. The van der Waals surface area contributed by atoms with E-state index in [2.05, 4.69) is 11.9 Å². The fourth-order valence-corrected chi connectivity index (χ4v) is 2.41. The van der Waals surface area contributed by atoms with Gasteiger partial charge in [-0.15, -0.1) is 6.58 Å². The number of carbonyl (C=O) groups is 1. The molecule has 2 unspecified atom stereocenters. The van der Waals surface area contributed by atoms with Crippen LogP contribution in [0.4, 0.5) is 5.69 Å². The van der Waals surface area contributed by atoms with Gasteiger partial charge in [-0.2, -0.15) is 0 Å². The van der Waals surface area contributed by atoms with E-state index in [-0.39, 0.29) is 12.0 Å². The summed E-state index contributed by atoms with van der Waals surface area (Å²) in [5.41, 5.74) is 1.87. The van der Waals surface area contributed by atoms with Crippen LogP contribution in [-0.2, 0) is 9.53 Å². The van der Waals surface area contributed by atoms with E-state index >= 15 is 0 Å². The molecule has 1 N–H and O–H groups in total. The fourth-order valence-electron chi connectivity index (χ4n) is 2.41. The highest BCUT2D eigenvalue weighted by Crippen LogP contribution is 2.29. The number of nitrogens with one attached hydrogen (secondary N) is 1. The zero-order valence-electron chi connectivity index (χ0n) is 13.4. The van der Waals surface area contributed by atoms with Crippen molar-refractivity contribution in [1.82, 2.24) is 0 Å². The number of rotatable bonds is 7. The van der Waals surface area contributed by atoms with Gasteiger partial charge in [-0.25, -0.2) is 0 Å². The minimum Gasteiger partial charge on any atom is -0.497 e. The molecule has 120 valence electrons. The maximum absolute atomic E-state index is 12.1. The highest BCUT2D eigenvalue weighted by Gasteiger charge is 2.27. The standard InChI is InChI=1S/C19H21NO3/c1-4-17(19(21)23-3)18(14-8-6-5-7-9-14)20-15-10-12-16(22-2)13-11-15/h4-13,17-18,20H,1H2,2-3H3. The second-order valence-electron chi connectivity index (χ2n) is 5.05. The van der Waals surface area contributed by atoms with E-state index in [0.29, 0.717) is 0 Å². The number of anilines is 1. The Morgan fingerprint density at radius 1 is 1.09 bits per heavy atom. The van der Waals surface area contributed by atoms with Gasteiger partial charge in [0.15, 0.2) is 0 Å². The first-order valence-corrected chi connectivity index (χ1v) is 7.35. The summed E-state index contributed by atoms with van der Waals surface area (Å²) in [6.45, 7) is 3.78. The van der Waals surface area contributed by atoms with Gasteiger partial charge >= 0.3 is 5.97 Å². The van der Waals surface area contributed by atoms with E-state index in [1.807, 2.05) is 54.6 Å². The van der Waals surface area contributed by atoms with Gasteiger partial charge in [-0.1, -0.05) is 36.4 Å². The largest absolute Gasteiger partial charge is 0.497 e. The van der Waals surface area contributed by atoms with Crippen LogP contribution in [-0.4, -0.2) is 20.2 Å². The number of benzene rings is 2. The summed E-state index contributed by atoms with van der Waals surface area (Å²) in [6.07, 6.45) is 1.61. The molecule has 0 spiro atoms. The van der Waals surface area contributed by atoms with Crippen molar-refractivity contribution in [2.75, 3.05) is 19.5 Å². The van der Waals surface area contributed by atoms with Crippen LogP contribution in [0.15, 0.2) is 67.3 Å². The van der Waals surface area contributed by atoms with Crippen molar-refractivity contribution in [3.63, 3.8) is 0 Å². The SMILES string of the molecule is C=CC(C(=O)OC)C(Nc1ccc(OC)cc1)c1ccccc1. The van der Waals surface area contributed by atoms with Gasteiger partial charge in [-0.3, -0.25) is 4.79 Å². The molecule has 4 heteroatoms. The maximum Gasteiger partial charge on any atom is 0.314 e. The third-order valence-electron chi connectivity index (χ3n) is 3.66. The molecule has 0 fully saturated rings. The molecule has 0 aliphatic heterocycles. The summed E-state index contributed by atoms with van der Waals surface area (Å²) in [5.74, 6) is -0.0422. The van der Waals surface area contributed by atoms with E-state index in [1.165, 1.54) is 7.11 Å². The van der Waals surface area contributed by atoms with Crippen molar-refractivity contribution in [3.05, 3.63) is 72.8 Å². The summed E-state index contributed by atoms with van der Waals surface area (Å²) in [7, 11) is 3.01. The van der Waals surface area contributed by atoms with Crippen molar-refractivity contribution in [2.45, 2.75) is 6.04 Å². The second-order valence-corrected chi connectivity index (χ2v) is 5.05. The zero-order chi connectivity index (χ0) is 16.7. The molecule has 0 aliphatic rings. The molecule has 2 rings (SSSR count). The lowest BCUT2D eigenvalue weighted by Crippen LogP contribution is -2.27. The first kappa shape index (κ1) is 16.6. The molecule has 23 heavy (non-hydrogen) atoms. The molecule has 2 aromatic carbocycles. The van der Waals surface area contributed by atoms with E-state index in [4.69, 9.17) is 9.47 Å². The van der Waals surface area contributed by atoms with Gasteiger partial charge in [0.2, 0.25) is 0 Å². The monoisotopic (exact) mass is 311 g/mol. The van der Waals surface area contributed by atoms with Gasteiger partial charge in [-0.05, 0) is 29.8 Å². The van der Waals surface area contributed by atoms with Gasteiger partial charge in [0.25, 0.3) is 0 Å². The first-order valence-electron chi connectivity index (χ1n) is 7.35. The Bertz CT molecular complexity index is 637. The average Bonchev–Trinajstić information content (AvgIpc) is 2.62. The number of ether oxygens (including phenoxy) is 2. The van der Waals surface area contributed by atoms with Crippen molar-refractivity contribution in [3.8, 4) is 5.75 Å². The van der Waals surface area contributed by atoms with Crippen LogP contribution in [0, 0.1) is 5.92 Å². The summed E-state index contributed by atoms with van der Waals surface area (Å²) in [4.78, 5) is 12.1. The first-order chi connectivity index (χ1) is 11.2. The molecule has 0 saturated carbocycles. The number of hydrogen-bond donors (Lipinski definition) is 1. The zero-order valence-corrected chi connectivity index (χ0v) is 13.4. The maximum atomic E-state index is 12.1. The van der Waals surface area contributed by atoms with Crippen LogP contribution >= 0.6 is 0 Å². The normalized spacial score (nSPS) is 12.8. The highest BCUT2D eigenvalue weighted by atomic mass is 16.5. The molecular formula is C19H21NO3. The van der Waals surface area contributed by atoms with Crippen LogP contribution < -0.4 is 10.1 Å². The van der Waals surface area contributed by atoms with Crippen molar-refractivity contribution >= 4 is 11.7 Å². The Balaban J connectivity index is 2.32. The predicted molar refractivity (Wildman–Crippen MR) is 91.5 cm³/mol. The van der Waals surface area contributed by atoms with Crippen molar-refractivity contribution in [2.24, 2.45) is 5.92 Å². The van der Waals surface area contributed by atoms with Gasteiger partial charge in [0.1, 0.15) is 5.75 Å². The molecule has 2 atom stereocenters. The average molecular weight is 311 g/mol. The molecule has 0 amide bonds. The molecular weight excluding hydrogens is 290 g/mol. The van der Waals surface area contributed by atoms with E-state index in [1.54, 1.807) is 13.2 Å². The summed E-state index contributed by atoms with van der Waals surface area (Å²) >= 11 is 0. The lowest BCUT2D eigenvalue weighted by atomic mass is 9.92. The Hall–Kier alpha value is -2.75. The predicted octanol–water partition coefficient (Wildman–Crippen LogP) is 3.82. The summed E-state index contributed by atoms with van der Waals surface area (Å²) in [6, 6.07) is 17.0. The summed E-state index contributed by atoms with van der Waals surface area (Å²) < 4.78 is 10.1. The van der Waals surface area contributed by atoms with E-state index in [9.17, 15) is 4.79 Å². The minimum absolute atomic E-state index is 0.269. The lowest BCUT2D eigenvalue weighted by molar-refractivity contribution is -0.144. The molecule has 0 bridgehead atoms. The Morgan fingerprint density at radius 3 is 2.26 bits per heavy atom. The number of methoxy groups -OCH3 is 2. The lowest BCUT2D eigenvalue weighted by Gasteiger charge is -2.25. The molecule has 0 aromatic heterocycles. The van der Waals surface area contributed by atoms with E-state index < -0.39 is 5.92 Å². The van der Waals surface area contributed by atoms with Crippen LogP contribution in [0.5, 0.6) is 5.75 Å². The number of esters is 1. The van der Waals surface area contributed by atoms with Crippen molar-refractivity contribution in [1.29, 1.82) is 0 Å². The molecule has 0 aliphatic carbocycles. The smallest absolute Gasteiger partial charge is 0.314 e. The molecule has 4 nitrogen and oxygen atoms in total. The fraction of sp³-hybridized carbons (Fsp3) is 0.211. The molecule has 0 radical (unpaired) electrons. The molecule has 0 saturated heterocycles. The quantitative estimate of drug-likeness (QED) is 0.624. The number of hydrogen-bond acceptors (Lipinski definition) is 4. The van der Waals surface area contributed by atoms with Gasteiger partial charge in [0, 0.05) is 5.69 Å². The Morgan fingerprint density at radius 2 is 1.74 bits per heavy atom. The number of carbonyl (C=O) groups excluding carboxylic acids is 1. The second kappa shape index (κ2) is 8.03. The third-order valence-corrected chi connectivity index (χ3v) is 3.66. The Kier molecular flexibility index (Phi) is 5.80. The van der Waals surface area contributed by atoms with Crippen LogP contribution in [0.2, 0.25) is 0 Å². The van der Waals surface area contributed by atoms with E-state index in [0.717, 1.165) is 17.0 Å². The Labute approximate surface area is 136 Å². The van der Waals surface area contributed by atoms with Gasteiger partial charge < -0.3 is 14.8 Å². The van der Waals surface area contributed by atoms with Crippen molar-refractivity contribution < 1.29 is 14.3 Å². The van der Waals surface area contributed by atoms with Crippen LogP contribution in [0.1, 0.15) is 11.6 Å². The topological polar surface area (TPSA) is 47.6 Å². The minimum atomic E-state index is -0.496. The van der Waals surface area contributed by atoms with Gasteiger partial charge in [0.05, 0.1) is 26.2 Å².